The first kappa shape index (κ1) is 15.1. The van der Waals surface area contributed by atoms with Crippen LogP contribution in [0.5, 0.6) is 0 Å². The van der Waals surface area contributed by atoms with Gasteiger partial charge in [-0.05, 0) is 13.0 Å². The Balaban J connectivity index is 1.87. The average molecular weight is 309 g/mol. The molecule has 0 spiro atoms. The van der Waals surface area contributed by atoms with Crippen molar-refractivity contribution in [3.8, 4) is 0 Å². The summed E-state index contributed by atoms with van der Waals surface area (Å²) in [6.45, 7) is 8.19. The highest BCUT2D eigenvalue weighted by Gasteiger charge is 2.24. The fourth-order valence-electron chi connectivity index (χ4n) is 2.64. The molecule has 0 bridgehead atoms. The summed E-state index contributed by atoms with van der Waals surface area (Å²) in [4.78, 5) is 29.5. The Hall–Kier alpha value is -2.76. The first-order valence-corrected chi connectivity index (χ1v) is 7.56. The normalized spacial score (nSPS) is 14.1. The van der Waals surface area contributed by atoms with Crippen molar-refractivity contribution in [2.24, 2.45) is 0 Å². The standard InChI is InChI=1S/C17H19N5O/c1-3-7-21-8-9-22(12-14-5-4-6-18-16(14)21)17(23)15-11-19-13(2)10-20-15/h3-6,10-11H,1,7-9,12H2,2H3. The van der Waals surface area contributed by atoms with E-state index in [2.05, 4.69) is 26.4 Å². The number of aromatic nitrogens is 3. The van der Waals surface area contributed by atoms with Crippen molar-refractivity contribution in [2.45, 2.75) is 13.5 Å². The number of nitrogens with zero attached hydrogens (tertiary/aromatic N) is 5. The number of hydrogen-bond acceptors (Lipinski definition) is 5. The van der Waals surface area contributed by atoms with Crippen LogP contribution in [0.3, 0.4) is 0 Å². The van der Waals surface area contributed by atoms with Crippen LogP contribution in [0.2, 0.25) is 0 Å². The third kappa shape index (κ3) is 3.21. The number of pyridine rings is 1. The second-order valence-corrected chi connectivity index (χ2v) is 5.49. The van der Waals surface area contributed by atoms with Crippen molar-refractivity contribution in [1.82, 2.24) is 19.9 Å². The van der Waals surface area contributed by atoms with Gasteiger partial charge in [-0.15, -0.1) is 6.58 Å². The molecule has 0 saturated heterocycles. The number of carbonyl (C=O) groups is 1. The number of rotatable bonds is 3. The van der Waals surface area contributed by atoms with Gasteiger partial charge in [-0.3, -0.25) is 9.78 Å². The van der Waals surface area contributed by atoms with Gasteiger partial charge in [0.25, 0.3) is 5.91 Å². The monoisotopic (exact) mass is 309 g/mol. The molecule has 0 N–H and O–H groups in total. The van der Waals surface area contributed by atoms with Crippen molar-refractivity contribution in [3.63, 3.8) is 0 Å². The fourth-order valence-corrected chi connectivity index (χ4v) is 2.64. The molecule has 1 aliphatic rings. The zero-order chi connectivity index (χ0) is 16.2. The largest absolute Gasteiger partial charge is 0.351 e. The Morgan fingerprint density at radius 1 is 1.30 bits per heavy atom. The van der Waals surface area contributed by atoms with Crippen LogP contribution < -0.4 is 4.90 Å². The highest BCUT2D eigenvalue weighted by molar-refractivity contribution is 5.92. The molecular formula is C17H19N5O. The zero-order valence-corrected chi connectivity index (χ0v) is 13.1. The molecule has 118 valence electrons. The Labute approximate surface area is 135 Å². The van der Waals surface area contributed by atoms with Crippen LogP contribution >= 0.6 is 0 Å². The zero-order valence-electron chi connectivity index (χ0n) is 13.1. The van der Waals surface area contributed by atoms with Gasteiger partial charge in [0.15, 0.2) is 0 Å². The van der Waals surface area contributed by atoms with Crippen LogP contribution in [0.4, 0.5) is 5.82 Å². The van der Waals surface area contributed by atoms with Gasteiger partial charge in [-0.2, -0.15) is 0 Å². The Bertz CT molecular complexity index is 713. The highest BCUT2D eigenvalue weighted by Crippen LogP contribution is 2.23. The minimum Gasteiger partial charge on any atom is -0.351 e. The van der Waals surface area contributed by atoms with E-state index >= 15 is 0 Å². The van der Waals surface area contributed by atoms with Gasteiger partial charge in [-0.25, -0.2) is 9.97 Å². The lowest BCUT2D eigenvalue weighted by atomic mass is 10.2. The van der Waals surface area contributed by atoms with Gasteiger partial charge >= 0.3 is 0 Å². The smallest absolute Gasteiger partial charge is 0.274 e. The summed E-state index contributed by atoms with van der Waals surface area (Å²) in [5.74, 6) is 0.811. The van der Waals surface area contributed by atoms with E-state index in [-0.39, 0.29) is 5.91 Å². The summed E-state index contributed by atoms with van der Waals surface area (Å²) in [6, 6.07) is 3.90. The lowest BCUT2D eigenvalue weighted by Gasteiger charge is -2.22. The molecule has 0 aliphatic carbocycles. The number of fused-ring (bicyclic) bond motifs is 1. The van der Waals surface area contributed by atoms with Crippen LogP contribution in [-0.4, -0.2) is 45.4 Å². The van der Waals surface area contributed by atoms with Gasteiger partial charge < -0.3 is 9.80 Å². The second-order valence-electron chi connectivity index (χ2n) is 5.49. The van der Waals surface area contributed by atoms with E-state index in [9.17, 15) is 4.79 Å². The number of aryl methyl sites for hydroxylation is 1. The second kappa shape index (κ2) is 6.56. The lowest BCUT2D eigenvalue weighted by molar-refractivity contribution is 0.0745. The molecule has 0 aromatic carbocycles. The third-order valence-corrected chi connectivity index (χ3v) is 3.80. The molecule has 6 heteroatoms. The molecule has 1 amide bonds. The maximum absolute atomic E-state index is 12.7. The predicted octanol–water partition coefficient (Wildman–Crippen LogP) is 1.83. The van der Waals surface area contributed by atoms with E-state index in [1.54, 1.807) is 17.3 Å². The minimum atomic E-state index is -0.104. The molecule has 2 aromatic rings. The molecule has 2 aromatic heterocycles. The van der Waals surface area contributed by atoms with Crippen LogP contribution in [0.25, 0.3) is 0 Å². The summed E-state index contributed by atoms with van der Waals surface area (Å²) >= 11 is 0. The van der Waals surface area contributed by atoms with E-state index in [4.69, 9.17) is 0 Å². The Morgan fingerprint density at radius 3 is 2.91 bits per heavy atom. The van der Waals surface area contributed by atoms with E-state index in [0.29, 0.717) is 31.9 Å². The van der Waals surface area contributed by atoms with Gasteiger partial charge in [0.2, 0.25) is 0 Å². The van der Waals surface area contributed by atoms with E-state index in [1.165, 1.54) is 6.20 Å². The third-order valence-electron chi connectivity index (χ3n) is 3.80. The van der Waals surface area contributed by atoms with Crippen molar-refractivity contribution in [2.75, 3.05) is 24.5 Å². The molecule has 6 nitrogen and oxygen atoms in total. The number of amides is 1. The van der Waals surface area contributed by atoms with Crippen molar-refractivity contribution in [1.29, 1.82) is 0 Å². The lowest BCUT2D eigenvalue weighted by Crippen LogP contribution is -2.36. The number of anilines is 1. The highest BCUT2D eigenvalue weighted by atomic mass is 16.2. The molecular weight excluding hydrogens is 290 g/mol. The molecule has 23 heavy (non-hydrogen) atoms. The fraction of sp³-hybridized carbons (Fsp3) is 0.294. The maximum atomic E-state index is 12.7. The summed E-state index contributed by atoms with van der Waals surface area (Å²) in [6.07, 6.45) is 6.78. The Kier molecular flexibility index (Phi) is 4.32. The van der Waals surface area contributed by atoms with E-state index in [1.807, 2.05) is 25.1 Å². The van der Waals surface area contributed by atoms with Crippen LogP contribution in [0.1, 0.15) is 21.7 Å². The van der Waals surface area contributed by atoms with E-state index in [0.717, 1.165) is 17.1 Å². The minimum absolute atomic E-state index is 0.104. The van der Waals surface area contributed by atoms with Gasteiger partial charge in [0.1, 0.15) is 11.5 Å². The first-order valence-electron chi connectivity index (χ1n) is 7.56. The number of carbonyl (C=O) groups excluding carboxylic acids is 1. The Morgan fingerprint density at radius 2 is 2.17 bits per heavy atom. The summed E-state index contributed by atoms with van der Waals surface area (Å²) < 4.78 is 0. The van der Waals surface area contributed by atoms with Gasteiger partial charge in [0.05, 0.1) is 11.9 Å². The summed E-state index contributed by atoms with van der Waals surface area (Å²) in [7, 11) is 0. The summed E-state index contributed by atoms with van der Waals surface area (Å²) in [5, 5.41) is 0. The molecule has 0 atom stereocenters. The van der Waals surface area contributed by atoms with Gasteiger partial charge in [0, 0.05) is 44.1 Å². The molecule has 1 aliphatic heterocycles. The van der Waals surface area contributed by atoms with E-state index < -0.39 is 0 Å². The topological polar surface area (TPSA) is 62.2 Å². The van der Waals surface area contributed by atoms with Crippen LogP contribution in [0.15, 0.2) is 43.4 Å². The SMILES string of the molecule is C=CCN1CCN(C(=O)c2cnc(C)cn2)Cc2cccnc21. The molecule has 0 unspecified atom stereocenters. The molecule has 3 rings (SSSR count). The van der Waals surface area contributed by atoms with Crippen molar-refractivity contribution >= 4 is 11.7 Å². The average Bonchev–Trinajstić information content (AvgIpc) is 2.75. The van der Waals surface area contributed by atoms with Gasteiger partial charge in [-0.1, -0.05) is 12.1 Å². The summed E-state index contributed by atoms with van der Waals surface area (Å²) in [5.41, 5.74) is 2.20. The molecule has 0 radical (unpaired) electrons. The molecule has 0 fully saturated rings. The predicted molar refractivity (Wildman–Crippen MR) is 88.2 cm³/mol. The maximum Gasteiger partial charge on any atom is 0.274 e. The first-order chi connectivity index (χ1) is 11.2. The molecule has 3 heterocycles. The van der Waals surface area contributed by atoms with Crippen LogP contribution in [-0.2, 0) is 6.54 Å². The van der Waals surface area contributed by atoms with Crippen molar-refractivity contribution in [3.05, 3.63) is 60.3 Å². The van der Waals surface area contributed by atoms with Crippen LogP contribution in [0, 0.1) is 6.92 Å². The quantitative estimate of drug-likeness (QED) is 0.810. The molecule has 0 saturated carbocycles. The number of hydrogen-bond donors (Lipinski definition) is 0. The van der Waals surface area contributed by atoms with Crippen molar-refractivity contribution < 1.29 is 4.79 Å².